The third-order valence-corrected chi connectivity index (χ3v) is 11.2. The lowest BCUT2D eigenvalue weighted by molar-refractivity contribution is -0.166. The smallest absolute Gasteiger partial charge is 0.306 e. The first-order valence-corrected chi connectivity index (χ1v) is 26.8. The SMILES string of the molecule is CC/C=C/C=C/C=C/C=C/CCCCCCCC(=O)OC(COC(=O)CC/C=C/C/C=C/CCCCCCCC)COC(=O)CCCCCCCCCCCC/C=C/C=C/CCCCC. The Labute approximate surface area is 400 Å². The Hall–Kier alpha value is -3.67. The van der Waals surface area contributed by atoms with Gasteiger partial charge in [-0.1, -0.05) is 234 Å². The summed E-state index contributed by atoms with van der Waals surface area (Å²) in [5.74, 6) is -1.01. The predicted octanol–water partition coefficient (Wildman–Crippen LogP) is 17.8. The molecule has 0 spiro atoms. The zero-order valence-electron chi connectivity index (χ0n) is 42.2. The molecule has 0 aromatic rings. The fourth-order valence-corrected chi connectivity index (χ4v) is 7.14. The van der Waals surface area contributed by atoms with E-state index in [1.807, 2.05) is 30.4 Å². The number of allylic oxidation sites excluding steroid dienone is 16. The second-order valence-corrected chi connectivity index (χ2v) is 17.5. The third-order valence-electron chi connectivity index (χ3n) is 11.2. The summed E-state index contributed by atoms with van der Waals surface area (Å²) in [6.07, 6.45) is 69.7. The topological polar surface area (TPSA) is 78.9 Å². The van der Waals surface area contributed by atoms with E-state index in [1.54, 1.807) is 0 Å². The molecule has 0 amide bonds. The van der Waals surface area contributed by atoms with Crippen molar-refractivity contribution in [3.05, 3.63) is 97.2 Å². The van der Waals surface area contributed by atoms with Gasteiger partial charge in [0.15, 0.2) is 6.10 Å². The van der Waals surface area contributed by atoms with E-state index in [4.69, 9.17) is 14.2 Å². The minimum Gasteiger partial charge on any atom is -0.462 e. The molecular formula is C59H98O6. The van der Waals surface area contributed by atoms with Crippen LogP contribution >= 0.6 is 0 Å². The maximum Gasteiger partial charge on any atom is 0.306 e. The van der Waals surface area contributed by atoms with Gasteiger partial charge in [-0.2, -0.15) is 0 Å². The van der Waals surface area contributed by atoms with E-state index in [-0.39, 0.29) is 44.0 Å². The Bertz CT molecular complexity index is 1310. The van der Waals surface area contributed by atoms with Crippen LogP contribution in [0, 0.1) is 0 Å². The summed E-state index contributed by atoms with van der Waals surface area (Å²) < 4.78 is 16.7. The van der Waals surface area contributed by atoms with Gasteiger partial charge in [0, 0.05) is 19.3 Å². The molecule has 0 bridgehead atoms. The van der Waals surface area contributed by atoms with Gasteiger partial charge in [0.05, 0.1) is 0 Å². The molecule has 0 aromatic carbocycles. The van der Waals surface area contributed by atoms with Crippen LogP contribution in [0.1, 0.15) is 239 Å². The Balaban J connectivity index is 4.46. The minimum atomic E-state index is -0.814. The zero-order valence-corrected chi connectivity index (χ0v) is 42.2. The summed E-state index contributed by atoms with van der Waals surface area (Å²) in [6.45, 7) is 6.39. The molecule has 0 saturated carbocycles. The Morgan fingerprint density at radius 3 is 1.20 bits per heavy atom. The van der Waals surface area contributed by atoms with Gasteiger partial charge in [0.1, 0.15) is 13.2 Å². The highest BCUT2D eigenvalue weighted by Crippen LogP contribution is 2.14. The number of rotatable bonds is 47. The second kappa shape index (κ2) is 52.9. The summed E-state index contributed by atoms with van der Waals surface area (Å²) in [6, 6.07) is 0. The molecule has 0 aliphatic rings. The Morgan fingerprint density at radius 2 is 0.692 bits per heavy atom. The molecule has 0 aliphatic heterocycles. The molecule has 0 heterocycles. The summed E-state index contributed by atoms with van der Waals surface area (Å²) >= 11 is 0. The zero-order chi connectivity index (χ0) is 47.2. The first kappa shape index (κ1) is 61.3. The van der Waals surface area contributed by atoms with Crippen LogP contribution in [0.3, 0.4) is 0 Å². The first-order valence-electron chi connectivity index (χ1n) is 26.8. The number of esters is 3. The number of hydrogen-bond donors (Lipinski definition) is 0. The van der Waals surface area contributed by atoms with Crippen LogP contribution in [0.15, 0.2) is 97.2 Å². The molecule has 65 heavy (non-hydrogen) atoms. The van der Waals surface area contributed by atoms with E-state index in [9.17, 15) is 14.4 Å². The molecule has 0 rings (SSSR count). The molecule has 6 nitrogen and oxygen atoms in total. The molecule has 1 atom stereocenters. The molecule has 0 radical (unpaired) electrons. The van der Waals surface area contributed by atoms with Gasteiger partial charge in [-0.3, -0.25) is 14.4 Å². The number of hydrogen-bond acceptors (Lipinski definition) is 6. The summed E-state index contributed by atoms with van der Waals surface area (Å²) in [7, 11) is 0. The van der Waals surface area contributed by atoms with Gasteiger partial charge in [0.25, 0.3) is 0 Å². The molecule has 0 saturated heterocycles. The van der Waals surface area contributed by atoms with Crippen LogP contribution in [0.25, 0.3) is 0 Å². The second-order valence-electron chi connectivity index (χ2n) is 17.5. The van der Waals surface area contributed by atoms with Crippen molar-refractivity contribution in [3.63, 3.8) is 0 Å². The van der Waals surface area contributed by atoms with Gasteiger partial charge in [-0.25, -0.2) is 0 Å². The quantitative estimate of drug-likeness (QED) is 0.0199. The lowest BCUT2D eigenvalue weighted by atomic mass is 10.1. The van der Waals surface area contributed by atoms with Crippen LogP contribution in [-0.4, -0.2) is 37.2 Å². The molecule has 0 fully saturated rings. The number of unbranched alkanes of at least 4 members (excludes halogenated alkanes) is 24. The van der Waals surface area contributed by atoms with Crippen molar-refractivity contribution in [2.75, 3.05) is 13.2 Å². The average Bonchev–Trinajstić information content (AvgIpc) is 3.30. The third kappa shape index (κ3) is 51.2. The number of carbonyl (C=O) groups excluding carboxylic acids is 3. The molecule has 6 heteroatoms. The highest BCUT2D eigenvalue weighted by atomic mass is 16.6. The van der Waals surface area contributed by atoms with Gasteiger partial charge in [-0.15, -0.1) is 0 Å². The van der Waals surface area contributed by atoms with E-state index in [1.165, 1.54) is 116 Å². The lowest BCUT2D eigenvalue weighted by Crippen LogP contribution is -2.30. The molecule has 1 unspecified atom stereocenters. The van der Waals surface area contributed by atoms with Gasteiger partial charge in [-0.05, 0) is 83.5 Å². The molecular weight excluding hydrogens is 805 g/mol. The summed E-state index contributed by atoms with van der Waals surface area (Å²) in [5, 5.41) is 0. The van der Waals surface area contributed by atoms with Gasteiger partial charge < -0.3 is 14.2 Å². The van der Waals surface area contributed by atoms with Gasteiger partial charge in [0.2, 0.25) is 0 Å². The summed E-state index contributed by atoms with van der Waals surface area (Å²) in [4.78, 5) is 38.0. The maximum atomic E-state index is 12.8. The maximum absolute atomic E-state index is 12.8. The summed E-state index contributed by atoms with van der Waals surface area (Å²) in [5.41, 5.74) is 0. The van der Waals surface area contributed by atoms with E-state index in [2.05, 4.69) is 87.6 Å². The highest BCUT2D eigenvalue weighted by Gasteiger charge is 2.19. The monoisotopic (exact) mass is 903 g/mol. The van der Waals surface area contributed by atoms with E-state index in [0.717, 1.165) is 77.0 Å². The standard InChI is InChI=1S/C59H98O6/c1-4-7-10-13-16-19-22-25-27-28-29-30-32-34-37-40-43-46-49-52-58(61)64-55-56(54-63-57(60)51-48-45-42-39-36-33-24-21-18-15-12-9-6-3)65-59(62)53-50-47-44-41-38-35-31-26-23-20-17-14-11-8-5-2/h8,11,14,16-17,19-20,22-23,25-26,31,33,36,42,45,56H,4-7,9-10,12-13,15,18,21,24,27-30,32,34-35,37-41,43-44,46-55H2,1-3H3/b11-8+,17-14+,19-16+,23-20+,25-22+,31-26+,36-33+,45-42+. The van der Waals surface area contributed by atoms with Crippen LogP contribution in [0.5, 0.6) is 0 Å². The van der Waals surface area contributed by atoms with Gasteiger partial charge >= 0.3 is 17.9 Å². The number of carbonyl (C=O) groups is 3. The van der Waals surface area contributed by atoms with Crippen molar-refractivity contribution >= 4 is 17.9 Å². The fourth-order valence-electron chi connectivity index (χ4n) is 7.14. The largest absolute Gasteiger partial charge is 0.462 e. The van der Waals surface area contributed by atoms with Crippen LogP contribution in [0.2, 0.25) is 0 Å². The van der Waals surface area contributed by atoms with E-state index >= 15 is 0 Å². The van der Waals surface area contributed by atoms with Crippen LogP contribution in [-0.2, 0) is 28.6 Å². The normalized spacial score (nSPS) is 12.8. The Morgan fingerprint density at radius 1 is 0.338 bits per heavy atom. The molecule has 0 aromatic heterocycles. The van der Waals surface area contributed by atoms with E-state index < -0.39 is 6.10 Å². The first-order chi connectivity index (χ1) is 32.0. The predicted molar refractivity (Wildman–Crippen MR) is 279 cm³/mol. The Kier molecular flexibility index (Phi) is 50.0. The fraction of sp³-hybridized carbons (Fsp3) is 0.678. The van der Waals surface area contributed by atoms with E-state index in [0.29, 0.717) is 12.8 Å². The molecule has 0 N–H and O–H groups in total. The van der Waals surface area contributed by atoms with Crippen molar-refractivity contribution in [1.82, 2.24) is 0 Å². The van der Waals surface area contributed by atoms with Crippen LogP contribution in [0.4, 0.5) is 0 Å². The number of ether oxygens (including phenoxy) is 3. The molecule has 0 aliphatic carbocycles. The van der Waals surface area contributed by atoms with Crippen LogP contribution < -0.4 is 0 Å². The average molecular weight is 903 g/mol. The van der Waals surface area contributed by atoms with Crippen molar-refractivity contribution in [1.29, 1.82) is 0 Å². The highest BCUT2D eigenvalue weighted by molar-refractivity contribution is 5.71. The van der Waals surface area contributed by atoms with Crippen molar-refractivity contribution in [2.24, 2.45) is 0 Å². The van der Waals surface area contributed by atoms with Crippen molar-refractivity contribution < 1.29 is 28.6 Å². The molecule has 370 valence electrons. The van der Waals surface area contributed by atoms with Crippen molar-refractivity contribution in [2.45, 2.75) is 245 Å². The lowest BCUT2D eigenvalue weighted by Gasteiger charge is -2.18. The minimum absolute atomic E-state index is 0.107. The van der Waals surface area contributed by atoms with Crippen molar-refractivity contribution in [3.8, 4) is 0 Å².